The maximum atomic E-state index is 10.6. The van der Waals surface area contributed by atoms with Gasteiger partial charge in [0.1, 0.15) is 29.3 Å². The van der Waals surface area contributed by atoms with E-state index in [1.54, 1.807) is 6.33 Å². The summed E-state index contributed by atoms with van der Waals surface area (Å²) in [5.41, 5.74) is 9.07. The van der Waals surface area contributed by atoms with Gasteiger partial charge in [-0.3, -0.25) is 14.7 Å². The molecule has 3 saturated heterocycles. The van der Waals surface area contributed by atoms with Crippen molar-refractivity contribution in [1.29, 1.82) is 0 Å². The van der Waals surface area contributed by atoms with Crippen LogP contribution in [0.5, 0.6) is 11.5 Å². The highest BCUT2D eigenvalue weighted by Crippen LogP contribution is 2.38. The van der Waals surface area contributed by atoms with E-state index in [9.17, 15) is 13.2 Å². The SMILES string of the molecule is Nc1ncnc2c1c(-c1ccc(Oc3ccccc3)cc1)nn2C1CCC(N2CCN(C3CN(C4CNC4)C3)CC2)CC1.O=C(O)C(F)(F)F. The summed E-state index contributed by atoms with van der Waals surface area (Å²) in [6.45, 7) is 9.68. The summed E-state index contributed by atoms with van der Waals surface area (Å²) in [7, 11) is 0. The first kappa shape index (κ1) is 34.2. The number of nitrogens with two attached hydrogens (primary N) is 1. The molecule has 1 aliphatic carbocycles. The van der Waals surface area contributed by atoms with Gasteiger partial charge in [-0.25, -0.2) is 19.4 Å². The van der Waals surface area contributed by atoms with Gasteiger partial charge in [-0.15, -0.1) is 0 Å². The van der Waals surface area contributed by atoms with Crippen LogP contribution in [0.2, 0.25) is 0 Å². The number of piperazine rings is 1. The van der Waals surface area contributed by atoms with E-state index >= 15 is 0 Å². The fraction of sp³-hybridized carbons (Fsp3) is 0.486. The van der Waals surface area contributed by atoms with Gasteiger partial charge in [-0.1, -0.05) is 18.2 Å². The lowest BCUT2D eigenvalue weighted by molar-refractivity contribution is -0.192. The molecule has 1 saturated carbocycles. The van der Waals surface area contributed by atoms with E-state index < -0.39 is 12.1 Å². The minimum atomic E-state index is -5.08. The predicted octanol–water partition coefficient (Wildman–Crippen LogP) is 4.26. The second-order valence-electron chi connectivity index (χ2n) is 13.4. The van der Waals surface area contributed by atoms with Crippen LogP contribution >= 0.6 is 0 Å². The molecule has 0 atom stereocenters. The molecule has 4 aromatic rings. The van der Waals surface area contributed by atoms with Crippen molar-refractivity contribution in [3.63, 3.8) is 0 Å². The first-order valence-corrected chi connectivity index (χ1v) is 17.2. The summed E-state index contributed by atoms with van der Waals surface area (Å²) in [5.74, 6) is -0.691. The number of hydrogen-bond acceptors (Lipinski definition) is 10. The minimum Gasteiger partial charge on any atom is -0.475 e. The molecule has 3 aliphatic heterocycles. The van der Waals surface area contributed by atoms with E-state index in [0.717, 1.165) is 58.7 Å². The molecule has 4 aliphatic rings. The fourth-order valence-corrected chi connectivity index (χ4v) is 7.44. The van der Waals surface area contributed by atoms with Gasteiger partial charge in [-0.2, -0.15) is 18.3 Å². The van der Waals surface area contributed by atoms with Gasteiger partial charge >= 0.3 is 12.1 Å². The van der Waals surface area contributed by atoms with Crippen LogP contribution in [0.25, 0.3) is 22.3 Å². The molecule has 5 heterocycles. The van der Waals surface area contributed by atoms with Crippen molar-refractivity contribution in [2.24, 2.45) is 0 Å². The molecule has 8 rings (SSSR count). The number of carboxylic acid groups (broad SMARTS) is 1. The Balaban J connectivity index is 0.000000510. The molecule has 4 fully saturated rings. The van der Waals surface area contributed by atoms with E-state index in [1.807, 2.05) is 54.6 Å². The van der Waals surface area contributed by atoms with Crippen LogP contribution in [-0.4, -0.2) is 122 Å². The third-order valence-electron chi connectivity index (χ3n) is 10.4. The average Bonchev–Trinajstić information content (AvgIpc) is 3.47. The number of nitrogen functional groups attached to an aromatic ring is 1. The van der Waals surface area contributed by atoms with Crippen molar-refractivity contribution in [2.45, 2.75) is 56.0 Å². The van der Waals surface area contributed by atoms with Gasteiger partial charge in [0, 0.05) is 76.0 Å². The van der Waals surface area contributed by atoms with Gasteiger partial charge in [-0.05, 0) is 62.1 Å². The van der Waals surface area contributed by atoms with Crippen LogP contribution < -0.4 is 15.8 Å². The Morgan fingerprint density at radius 1 is 0.800 bits per heavy atom. The number of nitrogens with one attached hydrogen (secondary N) is 1. The quantitative estimate of drug-likeness (QED) is 0.256. The Hall–Kier alpha value is -4.31. The Bertz CT molecular complexity index is 1750. The fourth-order valence-electron chi connectivity index (χ4n) is 7.44. The molecule has 0 unspecified atom stereocenters. The highest BCUT2D eigenvalue weighted by molar-refractivity contribution is 5.98. The van der Waals surface area contributed by atoms with Crippen molar-refractivity contribution in [2.75, 3.05) is 58.1 Å². The van der Waals surface area contributed by atoms with Crippen LogP contribution in [0.3, 0.4) is 0 Å². The highest BCUT2D eigenvalue weighted by Gasteiger charge is 2.40. The molecule has 0 radical (unpaired) electrons. The number of aromatic nitrogens is 4. The summed E-state index contributed by atoms with van der Waals surface area (Å²) in [6, 6.07) is 20.4. The molecule has 0 amide bonds. The smallest absolute Gasteiger partial charge is 0.475 e. The summed E-state index contributed by atoms with van der Waals surface area (Å²) < 4.78 is 39.9. The van der Waals surface area contributed by atoms with Gasteiger partial charge in [0.25, 0.3) is 0 Å². The summed E-state index contributed by atoms with van der Waals surface area (Å²) in [4.78, 5) is 26.0. The molecule has 2 aromatic carbocycles. The lowest BCUT2D eigenvalue weighted by atomic mass is 9.89. The Morgan fingerprint density at radius 3 is 1.96 bits per heavy atom. The zero-order valence-corrected chi connectivity index (χ0v) is 27.7. The normalized spacial score (nSPS) is 22.7. The van der Waals surface area contributed by atoms with Crippen LogP contribution in [0.15, 0.2) is 60.9 Å². The second-order valence-corrected chi connectivity index (χ2v) is 13.4. The lowest BCUT2D eigenvalue weighted by Crippen LogP contribution is -2.70. The number of anilines is 1. The maximum Gasteiger partial charge on any atom is 0.490 e. The molecule has 4 N–H and O–H groups in total. The molecule has 266 valence electrons. The zero-order chi connectivity index (χ0) is 34.8. The molecule has 2 aromatic heterocycles. The number of benzene rings is 2. The largest absolute Gasteiger partial charge is 0.490 e. The highest BCUT2D eigenvalue weighted by atomic mass is 19.4. The summed E-state index contributed by atoms with van der Waals surface area (Å²) in [5, 5.41) is 16.5. The van der Waals surface area contributed by atoms with E-state index in [2.05, 4.69) is 34.7 Å². The Labute approximate surface area is 288 Å². The topological polar surface area (TPSA) is 138 Å². The van der Waals surface area contributed by atoms with Gasteiger partial charge in [0.2, 0.25) is 0 Å². The minimum absolute atomic E-state index is 0.311. The van der Waals surface area contributed by atoms with Crippen molar-refractivity contribution >= 4 is 22.8 Å². The third-order valence-corrected chi connectivity index (χ3v) is 10.4. The molecular formula is C35H42F3N9O3. The Kier molecular flexibility index (Phi) is 9.91. The first-order chi connectivity index (χ1) is 24.1. The maximum absolute atomic E-state index is 10.6. The molecule has 15 heteroatoms. The number of aliphatic carboxylic acids is 1. The number of hydrogen-bond donors (Lipinski definition) is 3. The number of alkyl halides is 3. The van der Waals surface area contributed by atoms with E-state index in [4.69, 9.17) is 25.5 Å². The second kappa shape index (κ2) is 14.5. The average molecular weight is 694 g/mol. The number of halogens is 3. The van der Waals surface area contributed by atoms with Crippen molar-refractivity contribution in [1.82, 2.24) is 39.8 Å². The number of likely N-dealkylation sites (tertiary alicyclic amines) is 1. The monoisotopic (exact) mass is 693 g/mol. The first-order valence-electron chi connectivity index (χ1n) is 17.2. The number of fused-ring (bicyclic) bond motifs is 1. The van der Waals surface area contributed by atoms with Crippen LogP contribution in [-0.2, 0) is 4.79 Å². The molecular weight excluding hydrogens is 651 g/mol. The van der Waals surface area contributed by atoms with Gasteiger partial charge in [0.05, 0.1) is 11.4 Å². The number of para-hydroxylation sites is 1. The number of rotatable bonds is 7. The number of nitrogens with zero attached hydrogens (tertiary/aromatic N) is 7. The van der Waals surface area contributed by atoms with Crippen molar-refractivity contribution < 1.29 is 27.8 Å². The van der Waals surface area contributed by atoms with Crippen molar-refractivity contribution in [3.8, 4) is 22.8 Å². The standard InChI is InChI=1S/C33H41N9O.C2HF3O2/c34-32-30-31(23-6-12-29(13-7-23)43-28-4-2-1-3-5-28)38-42(33(30)37-22-36-32)25-10-8-24(9-11-25)39-14-16-40(17-15-39)27-20-41(21-27)26-18-35-19-26;3-2(4,5)1(6)7/h1-7,12-13,22,24-27,35H,8-11,14-21H2,(H2,34,36,37);(H,6,7). The molecule has 0 bridgehead atoms. The zero-order valence-electron chi connectivity index (χ0n) is 27.7. The predicted molar refractivity (Wildman–Crippen MR) is 182 cm³/mol. The van der Waals surface area contributed by atoms with Crippen LogP contribution in [0, 0.1) is 0 Å². The number of carbonyl (C=O) groups is 1. The Morgan fingerprint density at radius 2 is 1.38 bits per heavy atom. The van der Waals surface area contributed by atoms with Crippen LogP contribution in [0.4, 0.5) is 19.0 Å². The third kappa shape index (κ3) is 7.41. The molecule has 50 heavy (non-hydrogen) atoms. The summed E-state index contributed by atoms with van der Waals surface area (Å²) in [6.07, 6.45) is 1.06. The summed E-state index contributed by atoms with van der Waals surface area (Å²) >= 11 is 0. The number of carboxylic acids is 1. The molecule has 12 nitrogen and oxygen atoms in total. The number of ether oxygens (including phenoxy) is 1. The van der Waals surface area contributed by atoms with Gasteiger partial charge < -0.3 is 20.9 Å². The van der Waals surface area contributed by atoms with Gasteiger partial charge in [0.15, 0.2) is 5.65 Å². The van der Waals surface area contributed by atoms with Crippen LogP contribution in [0.1, 0.15) is 31.7 Å². The van der Waals surface area contributed by atoms with E-state index in [-0.39, 0.29) is 0 Å². The van der Waals surface area contributed by atoms with E-state index in [1.165, 1.54) is 65.2 Å². The van der Waals surface area contributed by atoms with Crippen molar-refractivity contribution in [3.05, 3.63) is 60.9 Å². The van der Waals surface area contributed by atoms with E-state index in [0.29, 0.717) is 17.9 Å². The molecule has 0 spiro atoms. The lowest BCUT2D eigenvalue weighted by Gasteiger charge is -2.53.